The summed E-state index contributed by atoms with van der Waals surface area (Å²) in [6, 6.07) is 10.3. The number of nitrogens with one attached hydrogen (secondary N) is 1. The Hall–Kier alpha value is -1.90. The van der Waals surface area contributed by atoms with E-state index >= 15 is 0 Å². The molecule has 0 radical (unpaired) electrons. The van der Waals surface area contributed by atoms with Gasteiger partial charge in [0.15, 0.2) is 5.75 Å². The van der Waals surface area contributed by atoms with Crippen LogP contribution in [0.5, 0.6) is 5.75 Å². The van der Waals surface area contributed by atoms with E-state index in [1.165, 1.54) is 6.08 Å². The molecule has 0 aliphatic heterocycles. The lowest BCUT2D eigenvalue weighted by molar-refractivity contribution is -0.117. The lowest BCUT2D eigenvalue weighted by Crippen LogP contribution is -2.33. The summed E-state index contributed by atoms with van der Waals surface area (Å²) in [5, 5.41) is 13.8. The fourth-order valence-corrected chi connectivity index (χ4v) is 4.31. The van der Waals surface area contributed by atoms with Gasteiger partial charge in [-0.1, -0.05) is 65.3 Å². The van der Waals surface area contributed by atoms with Gasteiger partial charge in [-0.15, -0.1) is 0 Å². The standard InChI is InChI=1S/C22H18Cl4N2O2/c23-16-6-5-14(18(24)10-16)12-30-21-19(25)8-13(9-20(21)26)7-15(11-27)22(29)28-17-3-1-2-4-17/h5-10,17H,1-4,12H2,(H,28,29)/b15-7-. The predicted molar refractivity (Wildman–Crippen MR) is 121 cm³/mol. The van der Waals surface area contributed by atoms with Crippen molar-refractivity contribution in [2.75, 3.05) is 0 Å². The smallest absolute Gasteiger partial charge is 0.262 e. The van der Waals surface area contributed by atoms with Crippen LogP contribution >= 0.6 is 46.4 Å². The second-order valence-electron chi connectivity index (χ2n) is 6.96. The highest BCUT2D eigenvalue weighted by Gasteiger charge is 2.19. The van der Waals surface area contributed by atoms with Gasteiger partial charge in [0.2, 0.25) is 0 Å². The lowest BCUT2D eigenvalue weighted by Gasteiger charge is -2.13. The van der Waals surface area contributed by atoms with Crippen LogP contribution in [0.3, 0.4) is 0 Å². The number of halogens is 4. The van der Waals surface area contributed by atoms with E-state index in [9.17, 15) is 10.1 Å². The average Bonchev–Trinajstić information content (AvgIpc) is 3.19. The van der Waals surface area contributed by atoms with Crippen LogP contribution in [0.25, 0.3) is 6.08 Å². The van der Waals surface area contributed by atoms with E-state index in [4.69, 9.17) is 51.1 Å². The summed E-state index contributed by atoms with van der Waals surface area (Å²) in [5.41, 5.74) is 1.25. The van der Waals surface area contributed by atoms with Crippen molar-refractivity contribution < 1.29 is 9.53 Å². The summed E-state index contributed by atoms with van der Waals surface area (Å²) in [4.78, 5) is 12.4. The first kappa shape index (κ1) is 22.8. The number of amides is 1. The highest BCUT2D eigenvalue weighted by Crippen LogP contribution is 2.36. The minimum absolute atomic E-state index is 0.00403. The van der Waals surface area contributed by atoms with Gasteiger partial charge in [0.05, 0.1) is 10.0 Å². The highest BCUT2D eigenvalue weighted by molar-refractivity contribution is 6.37. The van der Waals surface area contributed by atoms with Crippen LogP contribution in [-0.2, 0) is 11.4 Å². The molecule has 0 spiro atoms. The number of carbonyl (C=O) groups excluding carboxylic acids is 1. The third-order valence-electron chi connectivity index (χ3n) is 4.77. The SMILES string of the molecule is N#C/C(=C/c1cc(Cl)c(OCc2ccc(Cl)cc2Cl)c(Cl)c1)C(=O)NC1CCCC1. The van der Waals surface area contributed by atoms with E-state index in [2.05, 4.69) is 5.32 Å². The third-order valence-corrected chi connectivity index (χ3v) is 5.92. The van der Waals surface area contributed by atoms with Crippen molar-refractivity contribution in [3.8, 4) is 11.8 Å². The molecule has 30 heavy (non-hydrogen) atoms. The Morgan fingerprint density at radius 1 is 1.10 bits per heavy atom. The van der Waals surface area contributed by atoms with Crippen molar-refractivity contribution in [2.45, 2.75) is 38.3 Å². The maximum absolute atomic E-state index is 12.4. The number of hydrogen-bond acceptors (Lipinski definition) is 3. The van der Waals surface area contributed by atoms with Crippen LogP contribution in [-0.4, -0.2) is 11.9 Å². The molecule has 156 valence electrons. The summed E-state index contributed by atoms with van der Waals surface area (Å²) in [6.45, 7) is 0.151. The van der Waals surface area contributed by atoms with Crippen LogP contribution in [0.1, 0.15) is 36.8 Å². The van der Waals surface area contributed by atoms with Gasteiger partial charge < -0.3 is 10.1 Å². The molecular formula is C22H18Cl4N2O2. The van der Waals surface area contributed by atoms with Gasteiger partial charge in [-0.25, -0.2) is 0 Å². The number of nitrogens with zero attached hydrogens (tertiary/aromatic N) is 1. The number of rotatable bonds is 6. The van der Waals surface area contributed by atoms with Gasteiger partial charge in [-0.3, -0.25) is 4.79 Å². The van der Waals surface area contributed by atoms with Gasteiger partial charge >= 0.3 is 0 Å². The molecule has 1 aliphatic carbocycles. The molecule has 1 amide bonds. The number of ether oxygens (including phenoxy) is 1. The minimum Gasteiger partial charge on any atom is -0.486 e. The molecule has 0 atom stereocenters. The summed E-state index contributed by atoms with van der Waals surface area (Å²) < 4.78 is 5.74. The topological polar surface area (TPSA) is 62.1 Å². The summed E-state index contributed by atoms with van der Waals surface area (Å²) in [5.74, 6) is -0.107. The molecule has 0 aromatic heterocycles. The van der Waals surface area contributed by atoms with Gasteiger partial charge in [-0.2, -0.15) is 5.26 Å². The Balaban J connectivity index is 1.75. The molecule has 2 aromatic rings. The molecule has 1 N–H and O–H groups in total. The predicted octanol–water partition coefficient (Wildman–Crippen LogP) is 6.84. The average molecular weight is 484 g/mol. The van der Waals surface area contributed by atoms with E-state index in [1.807, 2.05) is 6.07 Å². The van der Waals surface area contributed by atoms with Gasteiger partial charge in [0.1, 0.15) is 18.2 Å². The fourth-order valence-electron chi connectivity index (χ4n) is 3.24. The van der Waals surface area contributed by atoms with Crippen LogP contribution < -0.4 is 10.1 Å². The van der Waals surface area contributed by atoms with Crippen molar-refractivity contribution in [3.05, 3.63) is 67.1 Å². The molecule has 4 nitrogen and oxygen atoms in total. The highest BCUT2D eigenvalue weighted by atomic mass is 35.5. The zero-order valence-electron chi connectivity index (χ0n) is 15.9. The van der Waals surface area contributed by atoms with Crippen LogP contribution in [0.2, 0.25) is 20.1 Å². The van der Waals surface area contributed by atoms with Gasteiger partial charge in [-0.05, 0) is 48.7 Å². The van der Waals surface area contributed by atoms with Crippen molar-refractivity contribution in [1.29, 1.82) is 5.26 Å². The normalized spacial score (nSPS) is 14.4. The van der Waals surface area contributed by atoms with Crippen LogP contribution in [0, 0.1) is 11.3 Å². The second kappa shape index (κ2) is 10.4. The molecule has 0 bridgehead atoms. The molecule has 0 heterocycles. The molecule has 8 heteroatoms. The van der Waals surface area contributed by atoms with E-state index in [-0.39, 0.29) is 34.0 Å². The van der Waals surface area contributed by atoms with E-state index in [1.54, 1.807) is 30.3 Å². The maximum Gasteiger partial charge on any atom is 0.262 e. The number of hydrogen-bond donors (Lipinski definition) is 1. The minimum atomic E-state index is -0.394. The summed E-state index contributed by atoms with van der Waals surface area (Å²) >= 11 is 24.7. The van der Waals surface area contributed by atoms with Crippen molar-refractivity contribution in [1.82, 2.24) is 5.32 Å². The van der Waals surface area contributed by atoms with Crippen LogP contribution in [0.4, 0.5) is 0 Å². The van der Waals surface area contributed by atoms with E-state index in [0.717, 1.165) is 31.2 Å². The quantitative estimate of drug-likeness (QED) is 0.361. The molecule has 0 unspecified atom stereocenters. The van der Waals surface area contributed by atoms with Gasteiger partial charge in [0.25, 0.3) is 5.91 Å². The second-order valence-corrected chi connectivity index (χ2v) is 8.62. The van der Waals surface area contributed by atoms with Crippen LogP contribution in [0.15, 0.2) is 35.9 Å². The Kier molecular flexibility index (Phi) is 7.91. The third kappa shape index (κ3) is 5.83. The number of benzene rings is 2. The Labute approximate surface area is 195 Å². The zero-order chi connectivity index (χ0) is 21.7. The fraction of sp³-hybridized carbons (Fsp3) is 0.273. The Morgan fingerprint density at radius 3 is 2.37 bits per heavy atom. The van der Waals surface area contributed by atoms with Crippen molar-refractivity contribution in [3.63, 3.8) is 0 Å². The largest absolute Gasteiger partial charge is 0.486 e. The molecule has 1 aliphatic rings. The zero-order valence-corrected chi connectivity index (χ0v) is 18.9. The first-order valence-corrected chi connectivity index (χ1v) is 10.9. The van der Waals surface area contributed by atoms with Crippen molar-refractivity contribution >= 4 is 58.4 Å². The van der Waals surface area contributed by atoms with E-state index < -0.39 is 5.91 Å². The van der Waals surface area contributed by atoms with Gasteiger partial charge in [0, 0.05) is 21.7 Å². The molecule has 0 saturated heterocycles. The summed E-state index contributed by atoms with van der Waals surface area (Å²) in [6.07, 6.45) is 5.51. The van der Waals surface area contributed by atoms with Crippen molar-refractivity contribution in [2.24, 2.45) is 0 Å². The molecule has 1 fully saturated rings. The molecule has 3 rings (SSSR count). The molecular weight excluding hydrogens is 466 g/mol. The first-order chi connectivity index (χ1) is 14.4. The number of nitriles is 1. The monoisotopic (exact) mass is 482 g/mol. The number of carbonyl (C=O) groups is 1. The van der Waals surface area contributed by atoms with E-state index in [0.29, 0.717) is 15.6 Å². The molecule has 2 aromatic carbocycles. The molecule has 1 saturated carbocycles. The Morgan fingerprint density at radius 2 is 1.77 bits per heavy atom. The Bertz CT molecular complexity index is 1000. The first-order valence-electron chi connectivity index (χ1n) is 9.36. The maximum atomic E-state index is 12.4. The summed E-state index contributed by atoms with van der Waals surface area (Å²) in [7, 11) is 0. The lowest BCUT2D eigenvalue weighted by atomic mass is 10.1.